The maximum atomic E-state index is 12.1. The first-order valence-electron chi connectivity index (χ1n) is 10.4. The molecule has 1 saturated carbocycles. The van der Waals surface area contributed by atoms with E-state index in [1.54, 1.807) is 19.2 Å². The number of methoxy groups -OCH3 is 1. The summed E-state index contributed by atoms with van der Waals surface area (Å²) in [5.41, 5.74) is 1.77. The first-order valence-corrected chi connectivity index (χ1v) is 11.2. The van der Waals surface area contributed by atoms with Crippen molar-refractivity contribution in [3.05, 3.63) is 22.3 Å². The molecule has 1 aromatic heterocycles. The zero-order valence-corrected chi connectivity index (χ0v) is 20.1. The van der Waals surface area contributed by atoms with Gasteiger partial charge in [0.15, 0.2) is 5.60 Å². The summed E-state index contributed by atoms with van der Waals surface area (Å²) in [5.74, 6) is -1.11. The predicted octanol–water partition coefficient (Wildman–Crippen LogP) is 1.76. The van der Waals surface area contributed by atoms with Crippen LogP contribution in [-0.4, -0.2) is 54.4 Å². The molecule has 2 aliphatic rings. The summed E-state index contributed by atoms with van der Waals surface area (Å²) in [6.07, 6.45) is 2.82. The van der Waals surface area contributed by atoms with Gasteiger partial charge in [-0.3, -0.25) is 9.59 Å². The van der Waals surface area contributed by atoms with Crippen molar-refractivity contribution in [2.75, 3.05) is 14.2 Å². The van der Waals surface area contributed by atoms with Gasteiger partial charge in [-0.1, -0.05) is 0 Å². The van der Waals surface area contributed by atoms with Gasteiger partial charge in [0, 0.05) is 35.4 Å². The van der Waals surface area contributed by atoms with Crippen LogP contribution in [0.4, 0.5) is 4.79 Å². The van der Waals surface area contributed by atoms with Crippen LogP contribution in [0.3, 0.4) is 0 Å². The van der Waals surface area contributed by atoms with Gasteiger partial charge in [-0.25, -0.2) is 15.2 Å². The van der Waals surface area contributed by atoms with Crippen LogP contribution < -0.4 is 20.8 Å². The number of hydrazone groups is 1. The molecule has 176 valence electrons. The maximum absolute atomic E-state index is 12.1. The number of hydrogen-bond acceptors (Lipinski definition) is 8. The summed E-state index contributed by atoms with van der Waals surface area (Å²) in [6, 6.07) is 3.70. The Morgan fingerprint density at radius 2 is 2.06 bits per heavy atom. The zero-order valence-electron chi connectivity index (χ0n) is 18.5. The Labute approximate surface area is 199 Å². The molecule has 0 radical (unpaired) electrons. The van der Waals surface area contributed by atoms with E-state index in [4.69, 9.17) is 9.47 Å². The molecule has 1 fully saturated rings. The lowest BCUT2D eigenvalue weighted by molar-refractivity contribution is -0.139. The van der Waals surface area contributed by atoms with E-state index in [1.807, 2.05) is 0 Å². The smallest absolute Gasteiger partial charge is 0.428 e. The Hall–Kier alpha value is -3.20. The number of nitrogens with one attached hydrogen (secondary N) is 3. The topological polar surface area (TPSA) is 155 Å². The summed E-state index contributed by atoms with van der Waals surface area (Å²) in [5, 5.41) is 19.2. The molecule has 1 aromatic rings. The highest BCUT2D eigenvalue weighted by molar-refractivity contribution is 9.10. The van der Waals surface area contributed by atoms with Crippen LogP contribution in [0.2, 0.25) is 0 Å². The van der Waals surface area contributed by atoms with Gasteiger partial charge in [0.1, 0.15) is 5.71 Å². The number of rotatable bonds is 5. The van der Waals surface area contributed by atoms with Crippen LogP contribution in [0.15, 0.2) is 21.8 Å². The van der Waals surface area contributed by atoms with Gasteiger partial charge in [-0.2, -0.15) is 10.4 Å². The molecule has 0 saturated heterocycles. The van der Waals surface area contributed by atoms with Gasteiger partial charge in [-0.05, 0) is 55.0 Å². The standard InChI is InChI=1S/C21H25BrN6O5/c1-12(26-18(30)17(29)24-2)9-20(11-23)4-6-21(7-5-20)16(27-28-19(31)33-21)13-8-15(32-3)25-10-14(13)22/h8,10,12H,4-7,9H2,1-3H3,(H,24,29)(H,26,30)(H,28,31)/t12-,20?,21?/m0/s1. The molecule has 1 atom stereocenters. The molecule has 11 nitrogen and oxygen atoms in total. The fraction of sp³-hybridized carbons (Fsp3) is 0.524. The normalized spacial score (nSPS) is 25.1. The number of nitrogens with zero attached hydrogens (tertiary/aromatic N) is 3. The first kappa shape index (κ1) is 24.4. The number of pyridine rings is 1. The van der Waals surface area contributed by atoms with Crippen molar-refractivity contribution < 1.29 is 23.9 Å². The van der Waals surface area contributed by atoms with Crippen LogP contribution in [-0.2, 0) is 14.3 Å². The van der Waals surface area contributed by atoms with Crippen molar-refractivity contribution in [3.8, 4) is 11.9 Å². The number of halogens is 1. The van der Waals surface area contributed by atoms with E-state index in [-0.39, 0.29) is 0 Å². The second kappa shape index (κ2) is 9.74. The molecular weight excluding hydrogens is 496 g/mol. The summed E-state index contributed by atoms with van der Waals surface area (Å²) in [7, 11) is 2.88. The third kappa shape index (κ3) is 5.08. The van der Waals surface area contributed by atoms with Crippen LogP contribution in [0.1, 0.15) is 44.6 Å². The van der Waals surface area contributed by atoms with Crippen molar-refractivity contribution in [1.82, 2.24) is 21.0 Å². The van der Waals surface area contributed by atoms with E-state index in [1.165, 1.54) is 14.2 Å². The molecule has 2 heterocycles. The SMILES string of the molecule is CNC(=O)C(=O)N[C@@H](C)CC1(C#N)CCC2(CC1)OC(=O)NN=C2c1cc(OC)ncc1Br. The second-order valence-electron chi connectivity index (χ2n) is 8.21. The Morgan fingerprint density at radius 3 is 2.67 bits per heavy atom. The Bertz CT molecular complexity index is 1030. The largest absolute Gasteiger partial charge is 0.481 e. The molecule has 3 rings (SSSR count). The van der Waals surface area contributed by atoms with Gasteiger partial charge < -0.3 is 20.1 Å². The third-order valence-corrected chi connectivity index (χ3v) is 6.66. The van der Waals surface area contributed by atoms with Crippen molar-refractivity contribution >= 4 is 39.5 Å². The van der Waals surface area contributed by atoms with Gasteiger partial charge >= 0.3 is 17.9 Å². The van der Waals surface area contributed by atoms with E-state index < -0.39 is 35.0 Å². The molecule has 3 N–H and O–H groups in total. The summed E-state index contributed by atoms with van der Waals surface area (Å²) >= 11 is 3.48. The minimum Gasteiger partial charge on any atom is -0.481 e. The molecule has 0 unspecified atom stereocenters. The van der Waals surface area contributed by atoms with E-state index >= 15 is 0 Å². The van der Waals surface area contributed by atoms with Crippen molar-refractivity contribution in [1.29, 1.82) is 5.26 Å². The van der Waals surface area contributed by atoms with Crippen LogP contribution in [0.5, 0.6) is 5.88 Å². The van der Waals surface area contributed by atoms with E-state index in [2.05, 4.69) is 48.1 Å². The number of nitriles is 1. The number of hydrogen-bond donors (Lipinski definition) is 3. The summed E-state index contributed by atoms with van der Waals surface area (Å²) < 4.78 is 11.7. The lowest BCUT2D eigenvalue weighted by Gasteiger charge is -2.45. The van der Waals surface area contributed by atoms with Crippen LogP contribution >= 0.6 is 15.9 Å². The average molecular weight is 521 g/mol. The Morgan fingerprint density at radius 1 is 1.36 bits per heavy atom. The summed E-state index contributed by atoms with van der Waals surface area (Å²) in [4.78, 5) is 39.6. The molecular formula is C21H25BrN6O5. The van der Waals surface area contributed by atoms with Gasteiger partial charge in [0.05, 0.1) is 18.6 Å². The molecule has 0 aromatic carbocycles. The first-order chi connectivity index (χ1) is 15.7. The van der Waals surface area contributed by atoms with Crippen LogP contribution in [0, 0.1) is 16.7 Å². The lowest BCUT2D eigenvalue weighted by atomic mass is 9.65. The maximum Gasteiger partial charge on any atom is 0.428 e. The highest BCUT2D eigenvalue weighted by atomic mass is 79.9. The molecule has 3 amide bonds. The number of amides is 3. The van der Waals surface area contributed by atoms with Crippen molar-refractivity contribution in [3.63, 3.8) is 0 Å². The van der Waals surface area contributed by atoms with Crippen molar-refractivity contribution in [2.45, 2.75) is 50.7 Å². The molecule has 1 spiro atoms. The highest BCUT2D eigenvalue weighted by Gasteiger charge is 2.51. The summed E-state index contributed by atoms with van der Waals surface area (Å²) in [6.45, 7) is 1.75. The Kier molecular flexibility index (Phi) is 7.22. The highest BCUT2D eigenvalue weighted by Crippen LogP contribution is 2.47. The number of likely N-dealkylation sites (N-methyl/N-ethyl adjacent to an activating group) is 1. The monoisotopic (exact) mass is 520 g/mol. The van der Waals surface area contributed by atoms with Crippen molar-refractivity contribution in [2.24, 2.45) is 10.5 Å². The van der Waals surface area contributed by atoms with Crippen LogP contribution in [0.25, 0.3) is 0 Å². The molecule has 33 heavy (non-hydrogen) atoms. The zero-order chi connectivity index (χ0) is 24.2. The number of ether oxygens (including phenoxy) is 2. The lowest BCUT2D eigenvalue weighted by Crippen LogP contribution is -2.54. The predicted molar refractivity (Wildman–Crippen MR) is 120 cm³/mol. The number of aromatic nitrogens is 1. The molecule has 0 bridgehead atoms. The van der Waals surface area contributed by atoms with E-state index in [0.717, 1.165) is 0 Å². The van der Waals surface area contributed by atoms with Gasteiger partial charge in [0.25, 0.3) is 0 Å². The molecule has 1 aliphatic heterocycles. The number of carbonyl (C=O) groups is 3. The molecule has 12 heteroatoms. The average Bonchev–Trinajstić information content (AvgIpc) is 2.81. The van der Waals surface area contributed by atoms with E-state index in [9.17, 15) is 19.6 Å². The van der Waals surface area contributed by atoms with Gasteiger partial charge in [-0.15, -0.1) is 0 Å². The molecule has 1 aliphatic carbocycles. The second-order valence-corrected chi connectivity index (χ2v) is 9.07. The quantitative estimate of drug-likeness (QED) is 0.499. The Balaban J connectivity index is 1.82. The third-order valence-electron chi connectivity index (χ3n) is 6.03. The van der Waals surface area contributed by atoms with E-state index in [0.29, 0.717) is 53.7 Å². The fourth-order valence-electron chi connectivity index (χ4n) is 4.34. The number of carbonyl (C=O) groups excluding carboxylic acids is 3. The minimum absolute atomic E-state index is 0.355. The fourth-order valence-corrected chi connectivity index (χ4v) is 4.75. The minimum atomic E-state index is -1.02. The van der Waals surface area contributed by atoms with Gasteiger partial charge in [0.2, 0.25) is 5.88 Å².